The van der Waals surface area contributed by atoms with E-state index >= 15 is 0 Å². The van der Waals surface area contributed by atoms with E-state index in [9.17, 15) is 14.5 Å². The van der Waals surface area contributed by atoms with Crippen LogP contribution in [0.15, 0.2) is 36.4 Å². The molecule has 2 N–H and O–H groups in total. The molecule has 1 aromatic heterocycles. The van der Waals surface area contributed by atoms with Gasteiger partial charge in [0.25, 0.3) is 0 Å². The highest BCUT2D eigenvalue weighted by atomic mass is 32.2. The highest BCUT2D eigenvalue weighted by Crippen LogP contribution is 2.26. The molecule has 7 nitrogen and oxygen atoms in total. The van der Waals surface area contributed by atoms with E-state index in [2.05, 4.69) is 14.9 Å². The monoisotopic (exact) mass is 377 g/mol. The summed E-state index contributed by atoms with van der Waals surface area (Å²) in [7, 11) is 1.52. The van der Waals surface area contributed by atoms with Crippen molar-refractivity contribution in [2.45, 2.75) is 38.0 Å². The van der Waals surface area contributed by atoms with Gasteiger partial charge in [-0.3, -0.25) is 4.79 Å². The number of carboxylic acids is 1. The number of aromatic nitrogens is 2. The van der Waals surface area contributed by atoms with Crippen LogP contribution in [0, 0.1) is 0 Å². The average Bonchev–Trinajstić information content (AvgIpc) is 2.60. The Balaban J connectivity index is 2.31. The van der Waals surface area contributed by atoms with E-state index < -0.39 is 28.1 Å². The number of carboxylic acid groups (broad SMARTS) is 1. The number of rotatable bonds is 7. The van der Waals surface area contributed by atoms with Crippen LogP contribution in [0.4, 0.5) is 0 Å². The van der Waals surface area contributed by atoms with Crippen LogP contribution in [0.1, 0.15) is 38.8 Å². The maximum absolute atomic E-state index is 12.4. The van der Waals surface area contributed by atoms with Crippen molar-refractivity contribution in [1.29, 1.82) is 0 Å². The Kier molecular flexibility index (Phi) is 6.57. The van der Waals surface area contributed by atoms with Crippen molar-refractivity contribution in [2.75, 3.05) is 7.11 Å². The van der Waals surface area contributed by atoms with Gasteiger partial charge >= 0.3 is 5.97 Å². The zero-order valence-electron chi connectivity index (χ0n) is 15.2. The molecular weight excluding hydrogens is 354 g/mol. The lowest BCUT2D eigenvalue weighted by Gasteiger charge is -2.27. The second-order valence-corrected chi connectivity index (χ2v) is 8.73. The van der Waals surface area contributed by atoms with E-state index in [0.717, 1.165) is 11.1 Å². The predicted octanol–water partition coefficient (Wildman–Crippen LogP) is 2.72. The van der Waals surface area contributed by atoms with Gasteiger partial charge in [-0.15, -0.1) is 14.9 Å². The first-order valence-corrected chi connectivity index (χ1v) is 9.23. The fourth-order valence-electron chi connectivity index (χ4n) is 2.21. The summed E-state index contributed by atoms with van der Waals surface area (Å²) < 4.78 is 19.9. The number of hydrogen-bond acceptors (Lipinski definition) is 6. The summed E-state index contributed by atoms with van der Waals surface area (Å²) in [6.45, 7) is 5.49. The van der Waals surface area contributed by atoms with E-state index in [4.69, 9.17) is 4.74 Å². The van der Waals surface area contributed by atoms with Crippen molar-refractivity contribution in [3.8, 4) is 17.1 Å². The normalized spacial score (nSPS) is 13.9. The largest absolute Gasteiger partial charge is 0.598 e. The number of benzene rings is 1. The number of nitrogens with one attached hydrogen (secondary N) is 1. The molecule has 0 fully saturated rings. The van der Waals surface area contributed by atoms with E-state index in [1.807, 2.05) is 39.0 Å². The smallest absolute Gasteiger partial charge is 0.305 e. The molecule has 0 spiro atoms. The maximum Gasteiger partial charge on any atom is 0.305 e. The van der Waals surface area contributed by atoms with Gasteiger partial charge in [0, 0.05) is 23.0 Å². The van der Waals surface area contributed by atoms with Crippen LogP contribution in [0.25, 0.3) is 11.3 Å². The lowest BCUT2D eigenvalue weighted by Crippen LogP contribution is -2.41. The summed E-state index contributed by atoms with van der Waals surface area (Å²) in [6, 6.07) is 10.2. The molecule has 0 bridgehead atoms. The van der Waals surface area contributed by atoms with E-state index in [1.54, 1.807) is 18.2 Å². The Labute approximate surface area is 156 Å². The van der Waals surface area contributed by atoms with Crippen molar-refractivity contribution < 1.29 is 19.2 Å². The number of aliphatic carboxylic acids is 1. The second kappa shape index (κ2) is 8.48. The molecule has 2 aromatic rings. The quantitative estimate of drug-likeness (QED) is 0.714. The molecule has 2 unspecified atom stereocenters. The Bertz CT molecular complexity index is 747. The van der Waals surface area contributed by atoms with Crippen LogP contribution in [0.3, 0.4) is 0 Å². The van der Waals surface area contributed by atoms with Gasteiger partial charge in [-0.25, -0.2) is 0 Å². The molecule has 0 aliphatic rings. The first-order valence-electron chi connectivity index (χ1n) is 8.08. The minimum atomic E-state index is -1.40. The molecule has 26 heavy (non-hydrogen) atoms. The molecule has 1 heterocycles. The Morgan fingerprint density at radius 1 is 1.31 bits per heavy atom. The number of nitrogens with zero attached hydrogens (tertiary/aromatic N) is 2. The number of carbonyl (C=O) groups is 1. The predicted molar refractivity (Wildman–Crippen MR) is 100 cm³/mol. The average molecular weight is 377 g/mol. The molecule has 0 saturated carbocycles. The highest BCUT2D eigenvalue weighted by Gasteiger charge is 2.31. The molecule has 0 aliphatic heterocycles. The van der Waals surface area contributed by atoms with Crippen molar-refractivity contribution in [3.63, 3.8) is 0 Å². The fraction of sp³-hybridized carbons (Fsp3) is 0.389. The zero-order chi connectivity index (χ0) is 19.3. The molecule has 0 amide bonds. The number of methoxy groups -OCH3 is 1. The van der Waals surface area contributed by atoms with Crippen LogP contribution < -0.4 is 9.46 Å². The summed E-state index contributed by atoms with van der Waals surface area (Å²) in [4.78, 5) is 11.3. The zero-order valence-corrected chi connectivity index (χ0v) is 16.0. The van der Waals surface area contributed by atoms with Crippen molar-refractivity contribution >= 4 is 17.3 Å². The Morgan fingerprint density at radius 3 is 2.58 bits per heavy atom. The van der Waals surface area contributed by atoms with Gasteiger partial charge in [0.2, 0.25) is 5.88 Å². The summed E-state index contributed by atoms with van der Waals surface area (Å²) in [5.74, 6) is -0.557. The lowest BCUT2D eigenvalue weighted by molar-refractivity contribution is -0.137. The minimum Gasteiger partial charge on any atom is -0.598 e. The van der Waals surface area contributed by atoms with Crippen LogP contribution >= 0.6 is 0 Å². The fourth-order valence-corrected chi connectivity index (χ4v) is 3.04. The third-order valence-corrected chi connectivity index (χ3v) is 5.23. The van der Waals surface area contributed by atoms with Crippen LogP contribution in [0.2, 0.25) is 0 Å². The van der Waals surface area contributed by atoms with Gasteiger partial charge in [-0.05, 0) is 38.5 Å². The van der Waals surface area contributed by atoms with Gasteiger partial charge in [-0.2, -0.15) is 0 Å². The van der Waals surface area contributed by atoms with Gasteiger partial charge in [-0.1, -0.05) is 18.2 Å². The van der Waals surface area contributed by atoms with E-state index in [0.29, 0.717) is 11.6 Å². The maximum atomic E-state index is 12.4. The standard InChI is InChI=1S/C18H23N3O4S/c1-18(2,3)26(24)21-15(11-17(22)23)13-7-5-6-12(10-13)14-8-9-16(25-4)20-19-14/h5-10,15,21H,11H2,1-4H3,(H,22,23). The van der Waals surface area contributed by atoms with Crippen LogP contribution in [-0.4, -0.2) is 37.7 Å². The third-order valence-electron chi connectivity index (χ3n) is 3.62. The van der Waals surface area contributed by atoms with E-state index in [1.165, 1.54) is 7.11 Å². The van der Waals surface area contributed by atoms with Crippen LogP contribution in [-0.2, 0) is 16.2 Å². The molecular formula is C18H23N3O4S. The topological polar surface area (TPSA) is 107 Å². The third kappa shape index (κ3) is 5.42. The molecule has 0 radical (unpaired) electrons. The number of ether oxygens (including phenoxy) is 1. The van der Waals surface area contributed by atoms with Gasteiger partial charge in [0.1, 0.15) is 4.75 Å². The number of hydrogen-bond donors (Lipinski definition) is 2. The first-order chi connectivity index (χ1) is 12.2. The molecule has 0 saturated heterocycles. The van der Waals surface area contributed by atoms with Crippen molar-refractivity contribution in [3.05, 3.63) is 42.0 Å². The summed E-state index contributed by atoms with van der Waals surface area (Å²) in [6.07, 6.45) is -0.181. The molecule has 1 aromatic carbocycles. The van der Waals surface area contributed by atoms with Crippen molar-refractivity contribution in [1.82, 2.24) is 14.9 Å². The molecule has 140 valence electrons. The highest BCUT2D eigenvalue weighted by molar-refractivity contribution is 7.90. The summed E-state index contributed by atoms with van der Waals surface area (Å²) >= 11 is -1.40. The van der Waals surface area contributed by atoms with Gasteiger partial charge < -0.3 is 14.4 Å². The molecule has 8 heteroatoms. The summed E-state index contributed by atoms with van der Waals surface area (Å²) in [5.41, 5.74) is 2.15. The Hall–Kier alpha value is -2.16. The molecule has 0 aliphatic carbocycles. The first kappa shape index (κ1) is 20.2. The van der Waals surface area contributed by atoms with E-state index in [-0.39, 0.29) is 6.42 Å². The lowest BCUT2D eigenvalue weighted by atomic mass is 10.0. The SMILES string of the molecule is COc1ccc(-c2cccc(C(CC(=O)O)N[S+]([O-])C(C)(C)C)c2)nn1. The molecule has 2 atom stereocenters. The van der Waals surface area contributed by atoms with Gasteiger partial charge in [0.15, 0.2) is 0 Å². The molecule has 2 rings (SSSR count). The summed E-state index contributed by atoms with van der Waals surface area (Å²) in [5, 5.41) is 17.3. The Morgan fingerprint density at radius 2 is 2.04 bits per heavy atom. The van der Waals surface area contributed by atoms with Crippen LogP contribution in [0.5, 0.6) is 5.88 Å². The van der Waals surface area contributed by atoms with Gasteiger partial charge in [0.05, 0.1) is 25.3 Å². The second-order valence-electron chi connectivity index (χ2n) is 6.74. The minimum absolute atomic E-state index is 0.181. The van der Waals surface area contributed by atoms with Crippen molar-refractivity contribution in [2.24, 2.45) is 0 Å².